The van der Waals surface area contributed by atoms with Crippen molar-refractivity contribution < 1.29 is 14.2 Å². The van der Waals surface area contributed by atoms with Crippen LogP contribution < -0.4 is 0 Å². The first-order chi connectivity index (χ1) is 6.26. The van der Waals surface area contributed by atoms with Crippen molar-refractivity contribution in [3.63, 3.8) is 0 Å². The third kappa shape index (κ3) is 3.13. The van der Waals surface area contributed by atoms with Crippen molar-refractivity contribution in [2.24, 2.45) is 0 Å². The third-order valence-electron chi connectivity index (χ3n) is 1.89. The van der Waals surface area contributed by atoms with Crippen LogP contribution in [-0.2, 0) is 11.2 Å². The molecule has 3 heteroatoms. The fourth-order valence-corrected chi connectivity index (χ4v) is 1.15. The highest BCUT2D eigenvalue weighted by molar-refractivity contribution is 5.17. The van der Waals surface area contributed by atoms with Gasteiger partial charge >= 0.3 is 0 Å². The van der Waals surface area contributed by atoms with Crippen LogP contribution in [0, 0.1) is 5.82 Å². The molecule has 0 radical (unpaired) electrons. The first-order valence-electron chi connectivity index (χ1n) is 4.14. The number of halogens is 1. The van der Waals surface area contributed by atoms with Gasteiger partial charge in [-0.2, -0.15) is 0 Å². The average molecular weight is 184 g/mol. The van der Waals surface area contributed by atoms with Gasteiger partial charge in [0.1, 0.15) is 5.82 Å². The molecular weight excluding hydrogens is 171 g/mol. The maximum absolute atomic E-state index is 12.7. The van der Waals surface area contributed by atoms with E-state index in [-0.39, 0.29) is 18.5 Å². The van der Waals surface area contributed by atoms with Crippen molar-refractivity contribution in [3.05, 3.63) is 35.6 Å². The van der Waals surface area contributed by atoms with E-state index in [0.29, 0.717) is 6.42 Å². The van der Waals surface area contributed by atoms with Gasteiger partial charge in [-0.05, 0) is 17.7 Å². The first-order valence-corrected chi connectivity index (χ1v) is 4.14. The van der Waals surface area contributed by atoms with Gasteiger partial charge in [0.2, 0.25) is 0 Å². The SMILES string of the molecule is COC(CO)Cc1cccc(F)c1. The average Bonchev–Trinajstić information content (AvgIpc) is 2.14. The lowest BCUT2D eigenvalue weighted by Crippen LogP contribution is -2.18. The van der Waals surface area contributed by atoms with Gasteiger partial charge in [-0.1, -0.05) is 12.1 Å². The fraction of sp³-hybridized carbons (Fsp3) is 0.400. The summed E-state index contributed by atoms with van der Waals surface area (Å²) in [5.41, 5.74) is 0.834. The standard InChI is InChI=1S/C10H13FO2/c1-13-10(7-12)6-8-3-2-4-9(11)5-8/h2-5,10,12H,6-7H2,1H3. The zero-order valence-electron chi connectivity index (χ0n) is 7.53. The van der Waals surface area contributed by atoms with E-state index in [1.807, 2.05) is 6.07 Å². The molecule has 1 aromatic rings. The van der Waals surface area contributed by atoms with Crippen molar-refractivity contribution in [1.29, 1.82) is 0 Å². The third-order valence-corrected chi connectivity index (χ3v) is 1.89. The summed E-state index contributed by atoms with van der Waals surface area (Å²) in [6.07, 6.45) is 0.284. The summed E-state index contributed by atoms with van der Waals surface area (Å²) in [6, 6.07) is 6.30. The van der Waals surface area contributed by atoms with Crippen LogP contribution in [0.1, 0.15) is 5.56 Å². The smallest absolute Gasteiger partial charge is 0.123 e. The summed E-state index contributed by atoms with van der Waals surface area (Å²) in [5, 5.41) is 8.84. The minimum absolute atomic E-state index is 0.0486. The summed E-state index contributed by atoms with van der Waals surface area (Å²) in [7, 11) is 1.53. The van der Waals surface area contributed by atoms with Crippen molar-refractivity contribution in [2.75, 3.05) is 13.7 Å². The molecule has 0 saturated heterocycles. The Balaban J connectivity index is 2.62. The van der Waals surface area contributed by atoms with E-state index in [4.69, 9.17) is 9.84 Å². The van der Waals surface area contributed by atoms with Gasteiger partial charge in [0, 0.05) is 13.5 Å². The molecule has 0 bridgehead atoms. The molecule has 1 N–H and O–H groups in total. The van der Waals surface area contributed by atoms with Crippen molar-refractivity contribution in [1.82, 2.24) is 0 Å². The van der Waals surface area contributed by atoms with Gasteiger partial charge in [0.05, 0.1) is 12.7 Å². The molecular formula is C10H13FO2. The Morgan fingerprint density at radius 2 is 2.31 bits per heavy atom. The molecule has 0 spiro atoms. The highest BCUT2D eigenvalue weighted by Crippen LogP contribution is 2.07. The molecule has 1 unspecified atom stereocenters. The molecule has 0 fully saturated rings. The summed E-state index contributed by atoms with van der Waals surface area (Å²) < 4.78 is 17.7. The quantitative estimate of drug-likeness (QED) is 0.766. The van der Waals surface area contributed by atoms with Crippen LogP contribution in [0.3, 0.4) is 0 Å². The number of hydrogen-bond donors (Lipinski definition) is 1. The summed E-state index contributed by atoms with van der Waals surface area (Å²) in [6.45, 7) is -0.0486. The maximum Gasteiger partial charge on any atom is 0.123 e. The molecule has 72 valence electrons. The van der Waals surface area contributed by atoms with Gasteiger partial charge in [-0.25, -0.2) is 4.39 Å². The van der Waals surface area contributed by atoms with Crippen molar-refractivity contribution in [2.45, 2.75) is 12.5 Å². The van der Waals surface area contributed by atoms with E-state index in [2.05, 4.69) is 0 Å². The fourth-order valence-electron chi connectivity index (χ4n) is 1.15. The van der Waals surface area contributed by atoms with Crippen molar-refractivity contribution >= 4 is 0 Å². The van der Waals surface area contributed by atoms with Gasteiger partial charge in [-0.3, -0.25) is 0 Å². The molecule has 1 atom stereocenters. The molecule has 0 saturated carbocycles. The molecule has 0 aliphatic carbocycles. The normalized spacial score (nSPS) is 12.8. The molecule has 0 aliphatic heterocycles. The second-order valence-electron chi connectivity index (χ2n) is 2.87. The summed E-state index contributed by atoms with van der Waals surface area (Å²) >= 11 is 0. The Kier molecular flexibility index (Phi) is 3.86. The van der Waals surface area contributed by atoms with Crippen LogP contribution in [0.15, 0.2) is 24.3 Å². The highest BCUT2D eigenvalue weighted by Gasteiger charge is 2.06. The monoisotopic (exact) mass is 184 g/mol. The predicted octanol–water partition coefficient (Wildman–Crippen LogP) is 1.38. The van der Waals surface area contributed by atoms with E-state index in [0.717, 1.165) is 5.56 Å². The van der Waals surface area contributed by atoms with Crippen LogP contribution in [0.2, 0.25) is 0 Å². The molecule has 2 nitrogen and oxygen atoms in total. The number of rotatable bonds is 4. The van der Waals surface area contributed by atoms with E-state index >= 15 is 0 Å². The minimum Gasteiger partial charge on any atom is -0.394 e. The highest BCUT2D eigenvalue weighted by atomic mass is 19.1. The van der Waals surface area contributed by atoms with Crippen molar-refractivity contribution in [3.8, 4) is 0 Å². The number of methoxy groups -OCH3 is 1. The molecule has 1 aromatic carbocycles. The summed E-state index contributed by atoms with van der Waals surface area (Å²) in [5.74, 6) is -0.259. The second kappa shape index (κ2) is 4.94. The zero-order chi connectivity index (χ0) is 9.68. The van der Waals surface area contributed by atoms with Gasteiger partial charge < -0.3 is 9.84 Å². The number of aliphatic hydroxyl groups excluding tert-OH is 1. The Bertz CT molecular complexity index is 259. The Morgan fingerprint density at radius 1 is 1.54 bits per heavy atom. The van der Waals surface area contributed by atoms with Crippen LogP contribution >= 0.6 is 0 Å². The lowest BCUT2D eigenvalue weighted by molar-refractivity contribution is 0.0494. The lowest BCUT2D eigenvalue weighted by Gasteiger charge is -2.11. The Hall–Kier alpha value is -0.930. The molecule has 0 amide bonds. The Morgan fingerprint density at radius 3 is 2.85 bits per heavy atom. The largest absolute Gasteiger partial charge is 0.394 e. The molecule has 1 rings (SSSR count). The molecule has 0 heterocycles. The van der Waals surface area contributed by atoms with Crippen LogP contribution in [-0.4, -0.2) is 24.9 Å². The van der Waals surface area contributed by atoms with Crippen LogP contribution in [0.5, 0.6) is 0 Å². The predicted molar refractivity (Wildman–Crippen MR) is 48.0 cm³/mol. The number of hydrogen-bond acceptors (Lipinski definition) is 2. The van der Waals surface area contributed by atoms with Crippen LogP contribution in [0.4, 0.5) is 4.39 Å². The van der Waals surface area contributed by atoms with E-state index < -0.39 is 0 Å². The van der Waals surface area contributed by atoms with E-state index in [1.54, 1.807) is 6.07 Å². The van der Waals surface area contributed by atoms with Gasteiger partial charge in [0.15, 0.2) is 0 Å². The van der Waals surface area contributed by atoms with Crippen LogP contribution in [0.25, 0.3) is 0 Å². The second-order valence-corrected chi connectivity index (χ2v) is 2.87. The number of benzene rings is 1. The molecule has 13 heavy (non-hydrogen) atoms. The van der Waals surface area contributed by atoms with E-state index in [9.17, 15) is 4.39 Å². The van der Waals surface area contributed by atoms with Gasteiger partial charge in [0.25, 0.3) is 0 Å². The maximum atomic E-state index is 12.7. The van der Waals surface area contributed by atoms with Gasteiger partial charge in [-0.15, -0.1) is 0 Å². The molecule has 0 aromatic heterocycles. The number of aliphatic hydroxyl groups is 1. The zero-order valence-corrected chi connectivity index (χ0v) is 7.53. The Labute approximate surface area is 77.0 Å². The summed E-state index contributed by atoms with van der Waals surface area (Å²) in [4.78, 5) is 0. The van der Waals surface area contributed by atoms with E-state index in [1.165, 1.54) is 19.2 Å². The topological polar surface area (TPSA) is 29.5 Å². The number of ether oxygens (including phenoxy) is 1. The first kappa shape index (κ1) is 10.2. The lowest BCUT2D eigenvalue weighted by atomic mass is 10.1. The minimum atomic E-state index is -0.259. The molecule has 0 aliphatic rings.